The van der Waals surface area contributed by atoms with Crippen molar-refractivity contribution in [2.24, 2.45) is 5.84 Å². The van der Waals surface area contributed by atoms with E-state index in [9.17, 15) is 4.39 Å². The van der Waals surface area contributed by atoms with E-state index in [0.717, 1.165) is 10.0 Å². The molecule has 3 N–H and O–H groups in total. The standard InChI is InChI=1S/C10H12BrFN2/c1-6(2)10(14-13)8-5-7(11)3-4-9(8)12/h3-5,10,14H,1,13H2,2H3. The first-order valence-corrected chi connectivity index (χ1v) is 4.92. The molecular formula is C10H12BrFN2. The molecule has 0 spiro atoms. The molecule has 2 nitrogen and oxygen atoms in total. The summed E-state index contributed by atoms with van der Waals surface area (Å²) in [6.45, 7) is 5.55. The Labute approximate surface area is 91.1 Å². The number of hydrogen-bond donors (Lipinski definition) is 2. The van der Waals surface area contributed by atoms with Crippen LogP contribution in [0.15, 0.2) is 34.8 Å². The molecule has 0 heterocycles. The van der Waals surface area contributed by atoms with Crippen LogP contribution in [0.5, 0.6) is 0 Å². The van der Waals surface area contributed by atoms with E-state index in [1.807, 2.05) is 0 Å². The Morgan fingerprint density at radius 3 is 2.79 bits per heavy atom. The van der Waals surface area contributed by atoms with Crippen LogP contribution in [-0.4, -0.2) is 0 Å². The molecule has 0 amide bonds. The highest BCUT2D eigenvalue weighted by molar-refractivity contribution is 9.10. The Kier molecular flexibility index (Phi) is 3.80. The number of benzene rings is 1. The average Bonchev–Trinajstić information content (AvgIpc) is 2.11. The lowest BCUT2D eigenvalue weighted by molar-refractivity contribution is 0.555. The van der Waals surface area contributed by atoms with Crippen LogP contribution in [0.4, 0.5) is 4.39 Å². The average molecular weight is 259 g/mol. The van der Waals surface area contributed by atoms with Crippen molar-refractivity contribution in [3.63, 3.8) is 0 Å². The number of rotatable bonds is 3. The largest absolute Gasteiger partial charge is 0.271 e. The molecule has 1 aromatic carbocycles. The molecule has 1 rings (SSSR count). The molecule has 76 valence electrons. The van der Waals surface area contributed by atoms with Crippen LogP contribution in [0, 0.1) is 5.82 Å². The molecule has 0 aromatic heterocycles. The van der Waals surface area contributed by atoms with Crippen LogP contribution in [0.1, 0.15) is 18.5 Å². The fourth-order valence-corrected chi connectivity index (χ4v) is 1.61. The summed E-state index contributed by atoms with van der Waals surface area (Å²) in [6.07, 6.45) is 0. The summed E-state index contributed by atoms with van der Waals surface area (Å²) in [7, 11) is 0. The van der Waals surface area contributed by atoms with E-state index in [2.05, 4.69) is 27.9 Å². The van der Waals surface area contributed by atoms with Crippen molar-refractivity contribution in [2.45, 2.75) is 13.0 Å². The number of nitrogens with two attached hydrogens (primary N) is 1. The van der Waals surface area contributed by atoms with Gasteiger partial charge in [-0.05, 0) is 25.1 Å². The van der Waals surface area contributed by atoms with E-state index in [4.69, 9.17) is 5.84 Å². The molecule has 0 fully saturated rings. The highest BCUT2D eigenvalue weighted by Crippen LogP contribution is 2.25. The minimum Gasteiger partial charge on any atom is -0.271 e. The van der Waals surface area contributed by atoms with Crippen molar-refractivity contribution in [2.75, 3.05) is 0 Å². The summed E-state index contributed by atoms with van der Waals surface area (Å²) >= 11 is 3.28. The zero-order chi connectivity index (χ0) is 10.7. The third kappa shape index (κ3) is 2.41. The Morgan fingerprint density at radius 2 is 2.29 bits per heavy atom. The molecule has 1 unspecified atom stereocenters. The molecule has 1 aromatic rings. The number of halogens is 2. The van der Waals surface area contributed by atoms with Crippen molar-refractivity contribution >= 4 is 15.9 Å². The Balaban J connectivity index is 3.15. The second-order valence-electron chi connectivity index (χ2n) is 3.11. The van der Waals surface area contributed by atoms with Crippen molar-refractivity contribution in [3.05, 3.63) is 46.2 Å². The monoisotopic (exact) mass is 258 g/mol. The zero-order valence-corrected chi connectivity index (χ0v) is 9.44. The van der Waals surface area contributed by atoms with E-state index in [1.165, 1.54) is 6.07 Å². The molecule has 14 heavy (non-hydrogen) atoms. The quantitative estimate of drug-likeness (QED) is 0.497. The first-order chi connectivity index (χ1) is 6.56. The third-order valence-corrected chi connectivity index (χ3v) is 2.42. The van der Waals surface area contributed by atoms with E-state index < -0.39 is 0 Å². The predicted octanol–water partition coefficient (Wildman–Crippen LogP) is 2.67. The second-order valence-corrected chi connectivity index (χ2v) is 4.03. The lowest BCUT2D eigenvalue weighted by Crippen LogP contribution is -2.29. The highest BCUT2D eigenvalue weighted by Gasteiger charge is 2.14. The maximum atomic E-state index is 13.4. The van der Waals surface area contributed by atoms with Crippen LogP contribution >= 0.6 is 15.9 Å². The normalized spacial score (nSPS) is 12.6. The van der Waals surface area contributed by atoms with Gasteiger partial charge in [-0.15, -0.1) is 0 Å². The van der Waals surface area contributed by atoms with Gasteiger partial charge in [0.15, 0.2) is 0 Å². The maximum absolute atomic E-state index is 13.4. The molecule has 0 bridgehead atoms. The summed E-state index contributed by atoms with van der Waals surface area (Å²) in [5.41, 5.74) is 3.79. The predicted molar refractivity (Wildman–Crippen MR) is 59.0 cm³/mol. The van der Waals surface area contributed by atoms with Gasteiger partial charge in [0.2, 0.25) is 0 Å². The van der Waals surface area contributed by atoms with Crippen LogP contribution in [0.2, 0.25) is 0 Å². The van der Waals surface area contributed by atoms with Crippen LogP contribution in [0.25, 0.3) is 0 Å². The van der Waals surface area contributed by atoms with Crippen molar-refractivity contribution < 1.29 is 4.39 Å². The molecule has 0 radical (unpaired) electrons. The lowest BCUT2D eigenvalue weighted by atomic mass is 10.0. The maximum Gasteiger partial charge on any atom is 0.128 e. The topological polar surface area (TPSA) is 38.0 Å². The summed E-state index contributed by atoms with van der Waals surface area (Å²) in [6, 6.07) is 4.37. The fourth-order valence-electron chi connectivity index (χ4n) is 1.23. The van der Waals surface area contributed by atoms with Gasteiger partial charge < -0.3 is 0 Å². The third-order valence-electron chi connectivity index (χ3n) is 1.93. The van der Waals surface area contributed by atoms with Crippen molar-refractivity contribution in [3.8, 4) is 0 Å². The Hall–Kier alpha value is -0.710. The Bertz CT molecular complexity index is 352. The number of nitrogens with one attached hydrogen (secondary N) is 1. The first kappa shape index (κ1) is 11.4. The zero-order valence-electron chi connectivity index (χ0n) is 7.85. The second kappa shape index (κ2) is 4.68. The van der Waals surface area contributed by atoms with Crippen LogP contribution < -0.4 is 11.3 Å². The van der Waals surface area contributed by atoms with Gasteiger partial charge >= 0.3 is 0 Å². The summed E-state index contributed by atoms with van der Waals surface area (Å²) in [5.74, 6) is 5.04. The smallest absolute Gasteiger partial charge is 0.128 e. The molecule has 4 heteroatoms. The molecule has 1 atom stereocenters. The molecule has 0 aliphatic carbocycles. The van der Waals surface area contributed by atoms with Gasteiger partial charge in [-0.3, -0.25) is 5.84 Å². The Morgan fingerprint density at radius 1 is 1.64 bits per heavy atom. The molecule has 0 saturated carbocycles. The van der Waals surface area contributed by atoms with Crippen LogP contribution in [0.3, 0.4) is 0 Å². The number of hydrogen-bond acceptors (Lipinski definition) is 2. The summed E-state index contributed by atoms with van der Waals surface area (Å²) in [5, 5.41) is 0. The van der Waals surface area contributed by atoms with Gasteiger partial charge in [0, 0.05) is 10.0 Å². The van der Waals surface area contributed by atoms with Crippen molar-refractivity contribution in [1.82, 2.24) is 5.43 Å². The fraction of sp³-hybridized carbons (Fsp3) is 0.200. The lowest BCUT2D eigenvalue weighted by Gasteiger charge is -2.17. The highest BCUT2D eigenvalue weighted by atomic mass is 79.9. The van der Waals surface area contributed by atoms with Crippen LogP contribution in [-0.2, 0) is 0 Å². The van der Waals surface area contributed by atoms with Gasteiger partial charge in [-0.1, -0.05) is 28.1 Å². The number of hydrazine groups is 1. The van der Waals surface area contributed by atoms with Gasteiger partial charge in [0.1, 0.15) is 5.82 Å². The summed E-state index contributed by atoms with van der Waals surface area (Å²) < 4.78 is 14.2. The van der Waals surface area contributed by atoms with E-state index in [0.29, 0.717) is 5.56 Å². The molecule has 0 saturated heterocycles. The van der Waals surface area contributed by atoms with Gasteiger partial charge in [0.05, 0.1) is 6.04 Å². The van der Waals surface area contributed by atoms with Gasteiger partial charge in [0.25, 0.3) is 0 Å². The minimum absolute atomic E-state index is 0.292. The van der Waals surface area contributed by atoms with E-state index >= 15 is 0 Å². The van der Waals surface area contributed by atoms with Gasteiger partial charge in [-0.25, -0.2) is 9.82 Å². The molecule has 0 aliphatic heterocycles. The first-order valence-electron chi connectivity index (χ1n) is 4.12. The summed E-state index contributed by atoms with van der Waals surface area (Å²) in [4.78, 5) is 0. The van der Waals surface area contributed by atoms with Crippen molar-refractivity contribution in [1.29, 1.82) is 0 Å². The van der Waals surface area contributed by atoms with E-state index in [-0.39, 0.29) is 11.9 Å². The minimum atomic E-state index is -0.354. The van der Waals surface area contributed by atoms with Gasteiger partial charge in [-0.2, -0.15) is 0 Å². The molecular weight excluding hydrogens is 247 g/mol. The molecule has 0 aliphatic rings. The SMILES string of the molecule is C=C(C)C(NN)c1cc(Br)ccc1F. The van der Waals surface area contributed by atoms with E-state index in [1.54, 1.807) is 19.1 Å².